The third-order valence-electron chi connectivity index (χ3n) is 4.33. The lowest BCUT2D eigenvalue weighted by Crippen LogP contribution is -2.55. The van der Waals surface area contributed by atoms with Crippen molar-refractivity contribution < 1.29 is 4.74 Å². The van der Waals surface area contributed by atoms with Crippen LogP contribution in [0.25, 0.3) is 0 Å². The van der Waals surface area contributed by atoms with Crippen LogP contribution < -0.4 is 4.74 Å². The molecule has 0 amide bonds. The number of rotatable bonds is 2. The predicted molar refractivity (Wildman–Crippen MR) is 81.8 cm³/mol. The van der Waals surface area contributed by atoms with Gasteiger partial charge < -0.3 is 4.74 Å². The molecule has 0 aromatic heterocycles. The number of halogens is 2. The largest absolute Gasteiger partial charge is 0.489 e. The van der Waals surface area contributed by atoms with Gasteiger partial charge in [0.2, 0.25) is 0 Å². The number of benzene rings is 1. The second-order valence-electron chi connectivity index (χ2n) is 5.18. The summed E-state index contributed by atoms with van der Waals surface area (Å²) in [6.45, 7) is 0. The zero-order valence-electron chi connectivity index (χ0n) is 9.66. The molecular weight excluding hydrogens is 391 g/mol. The minimum Gasteiger partial charge on any atom is -0.489 e. The zero-order valence-corrected chi connectivity index (χ0v) is 13.4. The van der Waals surface area contributed by atoms with Crippen molar-refractivity contribution in [3.63, 3.8) is 0 Å². The molecule has 1 spiro atoms. The van der Waals surface area contributed by atoms with E-state index in [-0.39, 0.29) is 0 Å². The number of hydrogen-bond acceptors (Lipinski definition) is 1. The summed E-state index contributed by atoms with van der Waals surface area (Å²) >= 11 is 6.19. The normalized spacial score (nSPS) is 30.2. The second-order valence-corrected chi connectivity index (χ2v) is 7.45. The minimum atomic E-state index is 0.422. The zero-order chi connectivity index (χ0) is 11.9. The highest BCUT2D eigenvalue weighted by molar-refractivity contribution is 14.1. The highest BCUT2D eigenvalue weighted by Crippen LogP contribution is 2.57. The topological polar surface area (TPSA) is 9.23 Å². The quantitative estimate of drug-likeness (QED) is 0.507. The number of hydrogen-bond donors (Lipinski definition) is 0. The molecule has 0 saturated heterocycles. The molecule has 2 aliphatic carbocycles. The van der Waals surface area contributed by atoms with Crippen LogP contribution >= 0.6 is 38.5 Å². The van der Waals surface area contributed by atoms with Crippen molar-refractivity contribution in [2.24, 2.45) is 5.41 Å². The van der Waals surface area contributed by atoms with Gasteiger partial charge in [-0.05, 0) is 54.0 Å². The highest BCUT2D eigenvalue weighted by atomic mass is 127. The van der Waals surface area contributed by atoms with E-state index in [1.807, 2.05) is 0 Å². The molecule has 2 atom stereocenters. The van der Waals surface area contributed by atoms with E-state index < -0.39 is 0 Å². The van der Waals surface area contributed by atoms with E-state index in [4.69, 9.17) is 4.74 Å². The lowest BCUT2D eigenvalue weighted by atomic mass is 9.64. The molecule has 0 aliphatic heterocycles. The molecule has 2 saturated carbocycles. The van der Waals surface area contributed by atoms with E-state index >= 15 is 0 Å². The predicted octanol–water partition coefficient (Wildman–Crippen LogP) is 4.77. The van der Waals surface area contributed by atoms with Crippen LogP contribution in [-0.4, -0.2) is 10.9 Å². The summed E-state index contributed by atoms with van der Waals surface area (Å²) < 4.78 is 7.47. The second kappa shape index (κ2) is 4.72. The van der Waals surface area contributed by atoms with Gasteiger partial charge in [-0.2, -0.15) is 0 Å². The molecule has 2 aliphatic rings. The van der Waals surface area contributed by atoms with Crippen molar-refractivity contribution in [1.29, 1.82) is 0 Å². The van der Waals surface area contributed by atoms with Gasteiger partial charge in [0.25, 0.3) is 0 Å². The van der Waals surface area contributed by atoms with Crippen molar-refractivity contribution in [2.75, 3.05) is 0 Å². The van der Waals surface area contributed by atoms with E-state index in [0.29, 0.717) is 16.3 Å². The molecule has 1 nitrogen and oxygen atoms in total. The van der Waals surface area contributed by atoms with Gasteiger partial charge in [-0.3, -0.25) is 0 Å². The van der Waals surface area contributed by atoms with Gasteiger partial charge >= 0.3 is 0 Å². The fourth-order valence-corrected chi connectivity index (χ4v) is 4.83. The first-order chi connectivity index (χ1) is 8.22. The molecular formula is C14H16BrIO. The van der Waals surface area contributed by atoms with Crippen LogP contribution in [-0.2, 0) is 0 Å². The van der Waals surface area contributed by atoms with Crippen molar-refractivity contribution in [1.82, 2.24) is 0 Å². The molecule has 0 radical (unpaired) electrons. The Morgan fingerprint density at radius 1 is 1.24 bits per heavy atom. The Hall–Kier alpha value is 0.230. The van der Waals surface area contributed by atoms with Gasteiger partial charge in [-0.15, -0.1) is 0 Å². The van der Waals surface area contributed by atoms with Crippen LogP contribution in [0.1, 0.15) is 32.1 Å². The van der Waals surface area contributed by atoms with E-state index in [0.717, 1.165) is 12.2 Å². The minimum absolute atomic E-state index is 0.422. The maximum Gasteiger partial charge on any atom is 0.133 e. The van der Waals surface area contributed by atoms with Crippen LogP contribution in [0.4, 0.5) is 0 Å². The number of ether oxygens (including phenoxy) is 1. The molecule has 17 heavy (non-hydrogen) atoms. The molecule has 92 valence electrons. The molecule has 2 unspecified atom stereocenters. The van der Waals surface area contributed by atoms with Crippen molar-refractivity contribution in [3.05, 3.63) is 27.8 Å². The lowest BCUT2D eigenvalue weighted by Gasteiger charge is -2.51. The van der Waals surface area contributed by atoms with Crippen LogP contribution in [0.15, 0.2) is 24.3 Å². The summed E-state index contributed by atoms with van der Waals surface area (Å²) in [5, 5.41) is 0. The molecule has 3 rings (SSSR count). The number of alkyl halides is 1. The fourth-order valence-electron chi connectivity index (χ4n) is 3.23. The van der Waals surface area contributed by atoms with Gasteiger partial charge in [0, 0.05) is 10.2 Å². The average Bonchev–Trinajstić information content (AvgIpc) is 2.83. The van der Waals surface area contributed by atoms with Gasteiger partial charge in [-0.25, -0.2) is 0 Å². The standard InChI is InChI=1S/C14H16BrIO/c15-12-9-13(14(12)7-3-4-8-14)17-11-6-2-1-5-10(11)16/h1-2,5-6,12-13H,3-4,7-9H2. The summed E-state index contributed by atoms with van der Waals surface area (Å²) in [6, 6.07) is 8.32. The smallest absolute Gasteiger partial charge is 0.133 e. The average molecular weight is 407 g/mol. The Morgan fingerprint density at radius 3 is 2.59 bits per heavy atom. The van der Waals surface area contributed by atoms with E-state index in [1.165, 1.54) is 29.3 Å². The van der Waals surface area contributed by atoms with Crippen LogP contribution in [0.2, 0.25) is 0 Å². The third kappa shape index (κ3) is 2.03. The van der Waals surface area contributed by atoms with Gasteiger partial charge in [0.15, 0.2) is 0 Å². The van der Waals surface area contributed by atoms with Crippen molar-refractivity contribution in [3.8, 4) is 5.75 Å². The number of para-hydroxylation sites is 1. The van der Waals surface area contributed by atoms with Crippen molar-refractivity contribution in [2.45, 2.75) is 43.0 Å². The Morgan fingerprint density at radius 2 is 1.94 bits per heavy atom. The summed E-state index contributed by atoms with van der Waals surface area (Å²) in [4.78, 5) is 0.670. The maximum atomic E-state index is 6.25. The van der Waals surface area contributed by atoms with Crippen LogP contribution in [0.3, 0.4) is 0 Å². The van der Waals surface area contributed by atoms with E-state index in [1.54, 1.807) is 0 Å². The Balaban J connectivity index is 1.77. The molecule has 3 heteroatoms. The van der Waals surface area contributed by atoms with Gasteiger partial charge in [0.1, 0.15) is 11.9 Å². The Bertz CT molecular complexity index is 414. The first-order valence-corrected chi connectivity index (χ1v) is 8.27. The maximum absolute atomic E-state index is 6.25. The molecule has 1 aromatic carbocycles. The SMILES string of the molecule is BrC1CC(Oc2ccccc2I)C12CCCC2. The van der Waals surface area contributed by atoms with E-state index in [9.17, 15) is 0 Å². The van der Waals surface area contributed by atoms with E-state index in [2.05, 4.69) is 62.8 Å². The molecule has 0 bridgehead atoms. The van der Waals surface area contributed by atoms with Crippen molar-refractivity contribution >= 4 is 38.5 Å². The lowest BCUT2D eigenvalue weighted by molar-refractivity contribution is -0.0308. The molecule has 0 N–H and O–H groups in total. The molecule has 2 fully saturated rings. The third-order valence-corrected chi connectivity index (χ3v) is 6.50. The summed E-state index contributed by atoms with van der Waals surface area (Å²) in [5.74, 6) is 1.06. The van der Waals surface area contributed by atoms with Crippen LogP contribution in [0.5, 0.6) is 5.75 Å². The summed E-state index contributed by atoms with van der Waals surface area (Å²) in [7, 11) is 0. The Kier molecular flexibility index (Phi) is 3.41. The summed E-state index contributed by atoms with van der Waals surface area (Å²) in [6.07, 6.45) is 6.98. The summed E-state index contributed by atoms with van der Waals surface area (Å²) in [5.41, 5.74) is 0.429. The fraction of sp³-hybridized carbons (Fsp3) is 0.571. The first kappa shape index (κ1) is 12.3. The Labute approximate surface area is 125 Å². The molecule has 0 heterocycles. The first-order valence-electron chi connectivity index (χ1n) is 6.28. The van der Waals surface area contributed by atoms with Gasteiger partial charge in [0.05, 0.1) is 3.57 Å². The molecule has 1 aromatic rings. The van der Waals surface area contributed by atoms with Crippen LogP contribution in [0, 0.1) is 8.99 Å². The monoisotopic (exact) mass is 406 g/mol. The highest BCUT2D eigenvalue weighted by Gasteiger charge is 2.56. The van der Waals surface area contributed by atoms with Gasteiger partial charge in [-0.1, -0.05) is 40.9 Å².